The van der Waals surface area contributed by atoms with Crippen LogP contribution in [0.4, 0.5) is 11.5 Å². The summed E-state index contributed by atoms with van der Waals surface area (Å²) in [6.07, 6.45) is 0. The molecule has 4 rings (SSSR count). The zero-order chi connectivity index (χ0) is 22.7. The van der Waals surface area contributed by atoms with Crippen LogP contribution in [-0.2, 0) is 11.3 Å². The Balaban J connectivity index is 1.80. The number of aryl methyl sites for hydroxylation is 1. The molecule has 0 aliphatic carbocycles. The molecule has 172 valence electrons. The van der Waals surface area contributed by atoms with Crippen molar-refractivity contribution in [1.29, 1.82) is 0 Å². The third-order valence-electron chi connectivity index (χ3n) is 5.89. The predicted molar refractivity (Wildman–Crippen MR) is 133 cm³/mol. The van der Waals surface area contributed by atoms with Gasteiger partial charge >= 0.3 is 0 Å². The monoisotopic (exact) mass is 456 g/mol. The molecule has 3 aromatic rings. The third-order valence-corrected chi connectivity index (χ3v) is 7.74. The summed E-state index contributed by atoms with van der Waals surface area (Å²) in [6, 6.07) is 16.0. The van der Waals surface area contributed by atoms with Crippen LogP contribution >= 0.6 is 10.6 Å². The van der Waals surface area contributed by atoms with E-state index in [9.17, 15) is 9.11 Å². The maximum atomic E-state index is 10.7. The Labute approximate surface area is 191 Å². The first kappa shape index (κ1) is 22.8. The van der Waals surface area contributed by atoms with Crippen molar-refractivity contribution in [2.24, 2.45) is 5.73 Å². The first-order valence-electron chi connectivity index (χ1n) is 10.9. The Hall–Kier alpha value is -2.36. The standard InChI is InChI=1S/C24H32N4O3S/c1-18-7-8-21-20(15-18)22(27(10-9-25)11-13-31-2)16-24(26-21)28-12-14-32(29,30)23-6-4-3-5-19(23)17-28/h3-8,15-16,29-30H,9-14,17,25H2,1-2H3. The molecule has 8 heteroatoms. The second kappa shape index (κ2) is 9.64. The quantitative estimate of drug-likeness (QED) is 0.493. The van der Waals surface area contributed by atoms with Gasteiger partial charge in [-0.05, 0) is 30.7 Å². The fourth-order valence-corrected chi connectivity index (χ4v) is 5.77. The van der Waals surface area contributed by atoms with Gasteiger partial charge in [0.2, 0.25) is 0 Å². The van der Waals surface area contributed by atoms with Gasteiger partial charge in [-0.15, -0.1) is 0 Å². The number of benzene rings is 2. The molecule has 0 radical (unpaired) electrons. The average Bonchev–Trinajstić information content (AvgIpc) is 2.92. The fraction of sp³-hybridized carbons (Fsp3) is 0.375. The molecule has 2 heterocycles. The van der Waals surface area contributed by atoms with Crippen molar-refractivity contribution in [2.45, 2.75) is 18.4 Å². The lowest BCUT2D eigenvalue weighted by atomic mass is 10.1. The molecule has 0 atom stereocenters. The maximum Gasteiger partial charge on any atom is 0.131 e. The van der Waals surface area contributed by atoms with Crippen molar-refractivity contribution >= 4 is 33.0 Å². The minimum atomic E-state index is -2.83. The second-order valence-electron chi connectivity index (χ2n) is 8.19. The molecule has 7 nitrogen and oxygen atoms in total. The summed E-state index contributed by atoms with van der Waals surface area (Å²) in [4.78, 5) is 10.00. The molecular weight excluding hydrogens is 424 g/mol. The van der Waals surface area contributed by atoms with Crippen LogP contribution in [0.5, 0.6) is 0 Å². The second-order valence-corrected chi connectivity index (χ2v) is 10.4. The molecule has 0 fully saturated rings. The van der Waals surface area contributed by atoms with E-state index in [2.05, 4.69) is 34.9 Å². The summed E-state index contributed by atoms with van der Waals surface area (Å²) in [6.45, 7) is 5.73. The van der Waals surface area contributed by atoms with E-state index >= 15 is 0 Å². The highest BCUT2D eigenvalue weighted by molar-refractivity contribution is 8.24. The van der Waals surface area contributed by atoms with E-state index in [0.717, 1.165) is 34.5 Å². The summed E-state index contributed by atoms with van der Waals surface area (Å²) >= 11 is 0. The van der Waals surface area contributed by atoms with Crippen LogP contribution in [0.3, 0.4) is 0 Å². The number of ether oxygens (including phenoxy) is 1. The molecule has 32 heavy (non-hydrogen) atoms. The lowest BCUT2D eigenvalue weighted by molar-refractivity contribution is 0.205. The van der Waals surface area contributed by atoms with Gasteiger partial charge < -0.3 is 20.3 Å². The number of hydrogen-bond acceptors (Lipinski definition) is 7. The minimum absolute atomic E-state index is 0.281. The number of pyridine rings is 1. The number of anilines is 2. The Morgan fingerprint density at radius 3 is 2.75 bits per heavy atom. The fourth-order valence-electron chi connectivity index (χ4n) is 4.22. The predicted octanol–water partition coefficient (Wildman–Crippen LogP) is 4.08. The summed E-state index contributed by atoms with van der Waals surface area (Å²) < 4.78 is 26.8. The zero-order valence-electron chi connectivity index (χ0n) is 18.7. The van der Waals surface area contributed by atoms with Crippen LogP contribution in [0, 0.1) is 6.92 Å². The van der Waals surface area contributed by atoms with Crippen LogP contribution in [-0.4, -0.2) is 59.7 Å². The van der Waals surface area contributed by atoms with Gasteiger partial charge in [-0.2, -0.15) is 10.6 Å². The normalized spacial score (nSPS) is 16.5. The number of aromatic nitrogens is 1. The van der Waals surface area contributed by atoms with Crippen LogP contribution < -0.4 is 15.5 Å². The molecule has 0 unspecified atom stereocenters. The number of methoxy groups -OCH3 is 1. The van der Waals surface area contributed by atoms with Crippen molar-refractivity contribution in [2.75, 3.05) is 55.4 Å². The molecule has 4 N–H and O–H groups in total. The molecule has 1 aliphatic rings. The van der Waals surface area contributed by atoms with Crippen LogP contribution in [0.2, 0.25) is 0 Å². The van der Waals surface area contributed by atoms with E-state index in [1.807, 2.05) is 30.3 Å². The van der Waals surface area contributed by atoms with Gasteiger partial charge in [0, 0.05) is 57.0 Å². The number of rotatable bonds is 7. The third kappa shape index (κ3) is 4.69. The summed E-state index contributed by atoms with van der Waals surface area (Å²) in [5.74, 6) is 1.10. The lowest BCUT2D eigenvalue weighted by Gasteiger charge is -2.32. The molecule has 0 amide bonds. The highest BCUT2D eigenvalue weighted by atomic mass is 32.3. The largest absolute Gasteiger partial charge is 0.383 e. The number of fused-ring (bicyclic) bond motifs is 2. The van der Waals surface area contributed by atoms with Gasteiger partial charge in [-0.3, -0.25) is 9.11 Å². The molecule has 1 aromatic heterocycles. The van der Waals surface area contributed by atoms with E-state index in [4.69, 9.17) is 15.5 Å². The van der Waals surface area contributed by atoms with E-state index < -0.39 is 10.6 Å². The molecule has 0 saturated carbocycles. The van der Waals surface area contributed by atoms with Gasteiger partial charge in [-0.1, -0.05) is 29.8 Å². The van der Waals surface area contributed by atoms with Crippen LogP contribution in [0.25, 0.3) is 10.9 Å². The first-order chi connectivity index (χ1) is 15.4. The molecular formula is C24H32N4O3S. The maximum absolute atomic E-state index is 10.7. The molecule has 1 aliphatic heterocycles. The van der Waals surface area contributed by atoms with Crippen molar-refractivity contribution < 1.29 is 13.8 Å². The van der Waals surface area contributed by atoms with E-state index in [1.165, 1.54) is 5.56 Å². The SMILES string of the molecule is COCCN(CCN)c1cc(N2CCS(O)(O)c3ccccc3C2)nc2ccc(C)cc12. The van der Waals surface area contributed by atoms with Gasteiger partial charge in [0.15, 0.2) is 0 Å². The minimum Gasteiger partial charge on any atom is -0.383 e. The van der Waals surface area contributed by atoms with E-state index in [-0.39, 0.29) is 5.75 Å². The molecule has 2 aromatic carbocycles. The average molecular weight is 457 g/mol. The Morgan fingerprint density at radius 2 is 1.97 bits per heavy atom. The first-order valence-corrected chi connectivity index (χ1v) is 12.6. The van der Waals surface area contributed by atoms with Crippen molar-refractivity contribution in [1.82, 2.24) is 4.98 Å². The Bertz CT molecular complexity index is 1090. The van der Waals surface area contributed by atoms with Crippen molar-refractivity contribution in [3.63, 3.8) is 0 Å². The topological polar surface area (TPSA) is 95.1 Å². The number of hydrogen-bond donors (Lipinski definition) is 3. The van der Waals surface area contributed by atoms with Crippen LogP contribution in [0.1, 0.15) is 11.1 Å². The van der Waals surface area contributed by atoms with Gasteiger partial charge in [0.1, 0.15) is 5.82 Å². The summed E-state index contributed by atoms with van der Waals surface area (Å²) in [7, 11) is -1.13. The summed E-state index contributed by atoms with van der Waals surface area (Å²) in [5.41, 5.74) is 10.0. The Kier molecular flexibility index (Phi) is 6.88. The van der Waals surface area contributed by atoms with Crippen molar-refractivity contribution in [3.8, 4) is 0 Å². The van der Waals surface area contributed by atoms with Crippen molar-refractivity contribution in [3.05, 3.63) is 59.7 Å². The zero-order valence-corrected chi connectivity index (χ0v) is 19.5. The highest BCUT2D eigenvalue weighted by Gasteiger charge is 2.27. The van der Waals surface area contributed by atoms with E-state index in [1.54, 1.807) is 7.11 Å². The summed E-state index contributed by atoms with van der Waals surface area (Å²) in [5, 5.41) is 1.08. The molecule has 0 bridgehead atoms. The molecule has 0 saturated heterocycles. The number of nitrogens with two attached hydrogens (primary N) is 1. The smallest absolute Gasteiger partial charge is 0.131 e. The number of nitrogens with zero attached hydrogens (tertiary/aromatic N) is 3. The Morgan fingerprint density at radius 1 is 1.16 bits per heavy atom. The van der Waals surface area contributed by atoms with Gasteiger partial charge in [0.25, 0.3) is 0 Å². The van der Waals surface area contributed by atoms with E-state index in [0.29, 0.717) is 37.7 Å². The van der Waals surface area contributed by atoms with Crippen LogP contribution in [0.15, 0.2) is 53.4 Å². The lowest BCUT2D eigenvalue weighted by Crippen LogP contribution is -2.33. The molecule has 0 spiro atoms. The van der Waals surface area contributed by atoms with Gasteiger partial charge in [0.05, 0.1) is 22.8 Å². The van der Waals surface area contributed by atoms with Gasteiger partial charge in [-0.25, -0.2) is 4.98 Å². The highest BCUT2D eigenvalue weighted by Crippen LogP contribution is 2.51.